The molecule has 3 heterocycles. The maximum Gasteiger partial charge on any atom is 0.243 e. The van der Waals surface area contributed by atoms with Gasteiger partial charge in [-0.3, -0.25) is 10.00 Å². The molecule has 0 aliphatic heterocycles. The molecule has 1 saturated carbocycles. The second-order valence-corrected chi connectivity index (χ2v) is 8.86. The average molecular weight is 459 g/mol. The number of aromatic amines is 1. The lowest BCUT2D eigenvalue weighted by Crippen LogP contribution is -2.13. The van der Waals surface area contributed by atoms with Crippen LogP contribution in [-0.4, -0.2) is 50.3 Å². The first kappa shape index (κ1) is 21.9. The predicted molar refractivity (Wildman–Crippen MR) is 131 cm³/mol. The molecule has 0 spiro atoms. The third kappa shape index (κ3) is 4.87. The number of fused-ring (bicyclic) bond motifs is 1. The van der Waals surface area contributed by atoms with Crippen LogP contribution in [0.5, 0.6) is 0 Å². The van der Waals surface area contributed by atoms with Crippen molar-refractivity contribution in [1.82, 2.24) is 29.7 Å². The molecule has 3 aromatic heterocycles. The Hall–Kier alpha value is -3.90. The van der Waals surface area contributed by atoms with Gasteiger partial charge in [0.05, 0.1) is 12.6 Å². The Kier molecular flexibility index (Phi) is 5.90. The highest BCUT2D eigenvalue weighted by molar-refractivity contribution is 5.74. The van der Waals surface area contributed by atoms with Crippen LogP contribution in [0.15, 0.2) is 42.5 Å². The van der Waals surface area contributed by atoms with Gasteiger partial charge in [-0.1, -0.05) is 18.1 Å². The summed E-state index contributed by atoms with van der Waals surface area (Å²) >= 11 is 0. The Morgan fingerprint density at radius 2 is 2.00 bits per heavy atom. The molecule has 1 aromatic carbocycles. The summed E-state index contributed by atoms with van der Waals surface area (Å²) in [6.07, 6.45) is 2.39. The SMILES string of the molecule is CC(Nc1nc(Nc2cc(C3CC3)[nH]n2)c2ccc(C#CCN(C)C)n2n1)c1ccc(F)cc1. The highest BCUT2D eigenvalue weighted by Gasteiger charge is 2.25. The molecule has 9 heteroatoms. The van der Waals surface area contributed by atoms with Crippen LogP contribution in [-0.2, 0) is 0 Å². The maximum absolute atomic E-state index is 13.3. The zero-order valence-corrected chi connectivity index (χ0v) is 19.4. The molecule has 0 radical (unpaired) electrons. The van der Waals surface area contributed by atoms with Crippen molar-refractivity contribution in [3.8, 4) is 11.8 Å². The third-order valence-electron chi connectivity index (χ3n) is 5.70. The van der Waals surface area contributed by atoms with E-state index in [1.807, 2.05) is 44.1 Å². The zero-order chi connectivity index (χ0) is 23.7. The van der Waals surface area contributed by atoms with E-state index in [0.29, 0.717) is 30.0 Å². The largest absolute Gasteiger partial charge is 0.346 e. The molecule has 174 valence electrons. The quantitative estimate of drug-likeness (QED) is 0.358. The summed E-state index contributed by atoms with van der Waals surface area (Å²) < 4.78 is 15.1. The molecular formula is C25H27FN8. The van der Waals surface area contributed by atoms with Crippen molar-refractivity contribution in [2.24, 2.45) is 0 Å². The fourth-order valence-electron chi connectivity index (χ4n) is 3.69. The number of anilines is 3. The fraction of sp³-hybridized carbons (Fsp3) is 0.320. The Labute approximate surface area is 197 Å². The van der Waals surface area contributed by atoms with Crippen LogP contribution in [0.2, 0.25) is 0 Å². The zero-order valence-electron chi connectivity index (χ0n) is 19.4. The van der Waals surface area contributed by atoms with Gasteiger partial charge in [0.25, 0.3) is 0 Å². The van der Waals surface area contributed by atoms with Crippen LogP contribution >= 0.6 is 0 Å². The first-order valence-electron chi connectivity index (χ1n) is 11.3. The van der Waals surface area contributed by atoms with E-state index in [1.54, 1.807) is 16.6 Å². The second kappa shape index (κ2) is 9.15. The van der Waals surface area contributed by atoms with Gasteiger partial charge in [0.1, 0.15) is 17.0 Å². The summed E-state index contributed by atoms with van der Waals surface area (Å²) in [7, 11) is 3.96. The lowest BCUT2D eigenvalue weighted by molar-refractivity contribution is 0.464. The number of rotatable bonds is 7. The number of nitrogens with zero attached hydrogens (tertiary/aromatic N) is 5. The molecule has 1 unspecified atom stereocenters. The summed E-state index contributed by atoms with van der Waals surface area (Å²) in [6, 6.07) is 12.2. The minimum absolute atomic E-state index is 0.128. The number of H-pyrrole nitrogens is 1. The Morgan fingerprint density at radius 3 is 2.74 bits per heavy atom. The number of aromatic nitrogens is 5. The van der Waals surface area contributed by atoms with Gasteiger partial charge in [-0.15, -0.1) is 5.10 Å². The van der Waals surface area contributed by atoms with Gasteiger partial charge in [0.15, 0.2) is 11.6 Å². The molecule has 0 amide bonds. The van der Waals surface area contributed by atoms with Crippen molar-refractivity contribution in [1.29, 1.82) is 0 Å². The van der Waals surface area contributed by atoms with Gasteiger partial charge in [-0.25, -0.2) is 8.91 Å². The van der Waals surface area contributed by atoms with Crippen molar-refractivity contribution in [2.45, 2.75) is 31.7 Å². The summed E-state index contributed by atoms with van der Waals surface area (Å²) in [6.45, 7) is 2.63. The van der Waals surface area contributed by atoms with Crippen molar-refractivity contribution in [3.05, 3.63) is 65.2 Å². The number of nitrogens with one attached hydrogen (secondary N) is 3. The van der Waals surface area contributed by atoms with Gasteiger partial charge < -0.3 is 10.6 Å². The fourth-order valence-corrected chi connectivity index (χ4v) is 3.69. The molecule has 4 aromatic rings. The number of hydrogen-bond donors (Lipinski definition) is 3. The Balaban J connectivity index is 1.49. The predicted octanol–water partition coefficient (Wildman–Crippen LogP) is 4.30. The van der Waals surface area contributed by atoms with Crippen LogP contribution in [0.3, 0.4) is 0 Å². The smallest absolute Gasteiger partial charge is 0.243 e. The first-order chi connectivity index (χ1) is 16.5. The van der Waals surface area contributed by atoms with E-state index in [0.717, 1.165) is 22.5 Å². The van der Waals surface area contributed by atoms with Crippen LogP contribution in [0, 0.1) is 17.7 Å². The van der Waals surface area contributed by atoms with Crippen molar-refractivity contribution in [3.63, 3.8) is 0 Å². The highest BCUT2D eigenvalue weighted by atomic mass is 19.1. The van der Waals surface area contributed by atoms with E-state index in [1.165, 1.54) is 25.0 Å². The molecule has 1 aliphatic rings. The maximum atomic E-state index is 13.3. The molecule has 8 nitrogen and oxygen atoms in total. The van der Waals surface area contributed by atoms with Crippen LogP contribution in [0.25, 0.3) is 5.52 Å². The van der Waals surface area contributed by atoms with E-state index in [9.17, 15) is 4.39 Å². The topological polar surface area (TPSA) is 86.2 Å². The molecule has 0 saturated heterocycles. The van der Waals surface area contributed by atoms with Gasteiger partial charge in [-0.05, 0) is 69.6 Å². The lowest BCUT2D eigenvalue weighted by Gasteiger charge is -2.16. The first-order valence-corrected chi connectivity index (χ1v) is 11.3. The summed E-state index contributed by atoms with van der Waals surface area (Å²) in [5, 5.41) is 18.9. The van der Waals surface area contributed by atoms with Crippen molar-refractivity contribution >= 4 is 23.1 Å². The number of benzene rings is 1. The van der Waals surface area contributed by atoms with Crippen LogP contribution in [0.4, 0.5) is 22.0 Å². The monoisotopic (exact) mass is 458 g/mol. The molecule has 34 heavy (non-hydrogen) atoms. The van der Waals surface area contributed by atoms with Gasteiger partial charge in [-0.2, -0.15) is 10.1 Å². The summed E-state index contributed by atoms with van der Waals surface area (Å²) in [5.41, 5.74) is 3.63. The van der Waals surface area contributed by atoms with Crippen LogP contribution < -0.4 is 10.6 Å². The van der Waals surface area contributed by atoms with E-state index in [4.69, 9.17) is 10.1 Å². The number of halogens is 1. The van der Waals surface area contributed by atoms with E-state index >= 15 is 0 Å². The van der Waals surface area contributed by atoms with Gasteiger partial charge in [0, 0.05) is 17.7 Å². The molecule has 1 aliphatic carbocycles. The van der Waals surface area contributed by atoms with E-state index in [-0.39, 0.29) is 11.9 Å². The molecular weight excluding hydrogens is 431 g/mol. The Morgan fingerprint density at radius 1 is 1.21 bits per heavy atom. The average Bonchev–Trinajstić information content (AvgIpc) is 3.42. The molecule has 5 rings (SSSR count). The number of hydrogen-bond acceptors (Lipinski definition) is 6. The molecule has 0 bridgehead atoms. The minimum atomic E-state index is -0.266. The second-order valence-electron chi connectivity index (χ2n) is 8.86. The standard InChI is InChI=1S/C25H27FN8/c1-16(17-8-10-19(26)11-9-17)27-25-29-24(28-23-15-21(30-31-23)18-6-7-18)22-13-12-20(34(22)32-25)5-4-14-33(2)3/h8-13,15-16,18H,6-7,14H2,1-3H3,(H3,27,28,29,30,31,32). The summed E-state index contributed by atoms with van der Waals surface area (Å²) in [5.74, 6) is 8.43. The third-order valence-corrected chi connectivity index (χ3v) is 5.70. The van der Waals surface area contributed by atoms with Gasteiger partial charge in [0.2, 0.25) is 5.95 Å². The van der Waals surface area contributed by atoms with Gasteiger partial charge >= 0.3 is 0 Å². The van der Waals surface area contributed by atoms with Crippen molar-refractivity contribution < 1.29 is 4.39 Å². The highest BCUT2D eigenvalue weighted by Crippen LogP contribution is 2.39. The molecule has 1 fully saturated rings. The lowest BCUT2D eigenvalue weighted by atomic mass is 10.1. The summed E-state index contributed by atoms with van der Waals surface area (Å²) in [4.78, 5) is 6.74. The van der Waals surface area contributed by atoms with E-state index in [2.05, 4.69) is 32.7 Å². The minimum Gasteiger partial charge on any atom is -0.346 e. The van der Waals surface area contributed by atoms with E-state index < -0.39 is 0 Å². The van der Waals surface area contributed by atoms with Crippen molar-refractivity contribution in [2.75, 3.05) is 31.3 Å². The van der Waals surface area contributed by atoms with Crippen LogP contribution in [0.1, 0.15) is 48.7 Å². The molecule has 1 atom stereocenters. The Bertz CT molecular complexity index is 1360. The normalized spacial score (nSPS) is 14.1. The molecule has 3 N–H and O–H groups in total.